The zero-order valence-electron chi connectivity index (χ0n) is 9.40. The van der Waals surface area contributed by atoms with E-state index in [4.69, 9.17) is 16.3 Å². The molecule has 1 aromatic rings. The number of hydrogen-bond acceptors (Lipinski definition) is 3. The number of rotatable bonds is 5. The van der Waals surface area contributed by atoms with Gasteiger partial charge < -0.3 is 4.74 Å². The van der Waals surface area contributed by atoms with Crippen molar-refractivity contribution >= 4 is 11.6 Å². The van der Waals surface area contributed by atoms with Crippen LogP contribution in [0, 0.1) is 0 Å². The largest absolute Gasteiger partial charge is 0.383 e. The Labute approximate surface area is 96.0 Å². The molecule has 0 bridgehead atoms. The van der Waals surface area contributed by atoms with Gasteiger partial charge in [0.25, 0.3) is 0 Å². The van der Waals surface area contributed by atoms with Crippen molar-refractivity contribution in [1.29, 1.82) is 0 Å². The van der Waals surface area contributed by atoms with E-state index in [1.807, 2.05) is 12.3 Å². The maximum Gasteiger partial charge on any atom is 0.0615 e. The van der Waals surface area contributed by atoms with Gasteiger partial charge in [-0.1, -0.05) is 11.6 Å². The van der Waals surface area contributed by atoms with Crippen LogP contribution in [0.5, 0.6) is 0 Å². The van der Waals surface area contributed by atoms with Gasteiger partial charge in [-0.2, -0.15) is 0 Å². The molecule has 1 rings (SSSR count). The van der Waals surface area contributed by atoms with Crippen LogP contribution in [0.1, 0.15) is 12.5 Å². The summed E-state index contributed by atoms with van der Waals surface area (Å²) in [5.41, 5.74) is 1.12. The van der Waals surface area contributed by atoms with Gasteiger partial charge in [0.05, 0.1) is 11.6 Å². The molecule has 0 spiro atoms. The van der Waals surface area contributed by atoms with Crippen LogP contribution in [-0.4, -0.2) is 36.7 Å². The Hall–Kier alpha value is -0.640. The molecule has 1 heterocycles. The van der Waals surface area contributed by atoms with Crippen LogP contribution in [0.15, 0.2) is 18.5 Å². The summed E-state index contributed by atoms with van der Waals surface area (Å²) < 4.78 is 5.10. The minimum absolute atomic E-state index is 0.383. The first kappa shape index (κ1) is 12.4. The molecule has 0 aliphatic heterocycles. The summed E-state index contributed by atoms with van der Waals surface area (Å²) in [5.74, 6) is 0. The van der Waals surface area contributed by atoms with E-state index in [0.717, 1.165) is 18.7 Å². The van der Waals surface area contributed by atoms with E-state index in [2.05, 4.69) is 23.9 Å². The van der Waals surface area contributed by atoms with E-state index >= 15 is 0 Å². The number of likely N-dealkylation sites (N-methyl/N-ethyl adjacent to an activating group) is 1. The Morgan fingerprint density at radius 2 is 2.27 bits per heavy atom. The molecule has 3 nitrogen and oxygen atoms in total. The highest BCUT2D eigenvalue weighted by atomic mass is 35.5. The molecule has 0 radical (unpaired) electrons. The zero-order valence-corrected chi connectivity index (χ0v) is 10.2. The minimum Gasteiger partial charge on any atom is -0.383 e. The van der Waals surface area contributed by atoms with E-state index in [-0.39, 0.29) is 0 Å². The Morgan fingerprint density at radius 1 is 1.53 bits per heavy atom. The highest BCUT2D eigenvalue weighted by Crippen LogP contribution is 2.11. The third-order valence-electron chi connectivity index (χ3n) is 2.35. The monoisotopic (exact) mass is 228 g/mol. The van der Waals surface area contributed by atoms with E-state index in [1.54, 1.807) is 13.3 Å². The second-order valence-corrected chi connectivity index (χ2v) is 4.17. The molecule has 0 saturated carbocycles. The van der Waals surface area contributed by atoms with Gasteiger partial charge in [-0.05, 0) is 25.6 Å². The molecule has 0 N–H and O–H groups in total. The number of ether oxygens (including phenoxy) is 1. The van der Waals surface area contributed by atoms with Gasteiger partial charge in [0.1, 0.15) is 0 Å². The van der Waals surface area contributed by atoms with E-state index in [1.165, 1.54) is 0 Å². The fourth-order valence-electron chi connectivity index (χ4n) is 1.35. The summed E-state index contributed by atoms with van der Waals surface area (Å²) >= 11 is 5.86. The molecule has 0 aliphatic carbocycles. The van der Waals surface area contributed by atoms with Crippen LogP contribution >= 0.6 is 11.6 Å². The number of hydrogen-bond donors (Lipinski definition) is 0. The smallest absolute Gasteiger partial charge is 0.0615 e. The fourth-order valence-corrected chi connectivity index (χ4v) is 1.55. The molecular weight excluding hydrogens is 212 g/mol. The second kappa shape index (κ2) is 6.05. The average Bonchev–Trinajstić information content (AvgIpc) is 2.18. The van der Waals surface area contributed by atoms with E-state index in [0.29, 0.717) is 11.1 Å². The van der Waals surface area contributed by atoms with Gasteiger partial charge in [0, 0.05) is 32.1 Å². The van der Waals surface area contributed by atoms with Gasteiger partial charge in [-0.15, -0.1) is 0 Å². The van der Waals surface area contributed by atoms with Crippen LogP contribution < -0.4 is 0 Å². The zero-order chi connectivity index (χ0) is 11.3. The topological polar surface area (TPSA) is 25.4 Å². The molecular formula is C11H17ClN2O. The molecule has 0 aliphatic rings. The molecule has 0 amide bonds. The van der Waals surface area contributed by atoms with Crippen LogP contribution in [0.25, 0.3) is 0 Å². The van der Waals surface area contributed by atoms with Crippen molar-refractivity contribution < 1.29 is 4.74 Å². The standard InChI is InChI=1S/C11H17ClN2O/c1-9(8-15-3)14(2)7-10-4-11(12)6-13-5-10/h4-6,9H,7-8H2,1-3H3/t9-/m1/s1. The van der Waals surface area contributed by atoms with Crippen molar-refractivity contribution in [3.05, 3.63) is 29.0 Å². The van der Waals surface area contributed by atoms with Crippen molar-refractivity contribution in [2.24, 2.45) is 0 Å². The van der Waals surface area contributed by atoms with Crippen molar-refractivity contribution in [3.8, 4) is 0 Å². The Morgan fingerprint density at radius 3 is 2.87 bits per heavy atom. The number of pyridine rings is 1. The molecule has 1 aromatic heterocycles. The lowest BCUT2D eigenvalue weighted by molar-refractivity contribution is 0.112. The first-order valence-corrected chi connectivity index (χ1v) is 5.30. The maximum atomic E-state index is 5.86. The van der Waals surface area contributed by atoms with Crippen LogP contribution in [-0.2, 0) is 11.3 Å². The molecule has 0 saturated heterocycles. The van der Waals surface area contributed by atoms with Gasteiger partial charge in [-0.25, -0.2) is 0 Å². The highest BCUT2D eigenvalue weighted by Gasteiger charge is 2.09. The minimum atomic E-state index is 0.383. The van der Waals surface area contributed by atoms with E-state index in [9.17, 15) is 0 Å². The lowest BCUT2D eigenvalue weighted by atomic mass is 10.2. The van der Waals surface area contributed by atoms with Crippen molar-refractivity contribution in [1.82, 2.24) is 9.88 Å². The Kier molecular flexibility index (Phi) is 5.02. The van der Waals surface area contributed by atoms with Crippen LogP contribution in [0.3, 0.4) is 0 Å². The lowest BCUT2D eigenvalue weighted by Gasteiger charge is -2.23. The molecule has 0 fully saturated rings. The van der Waals surface area contributed by atoms with Crippen molar-refractivity contribution in [3.63, 3.8) is 0 Å². The van der Waals surface area contributed by atoms with Gasteiger partial charge >= 0.3 is 0 Å². The summed E-state index contributed by atoms with van der Waals surface area (Å²) in [5, 5.41) is 0.681. The van der Waals surface area contributed by atoms with Crippen LogP contribution in [0.4, 0.5) is 0 Å². The summed E-state index contributed by atoms with van der Waals surface area (Å²) in [6.07, 6.45) is 3.48. The Bertz CT molecular complexity index is 306. The quantitative estimate of drug-likeness (QED) is 0.773. The summed E-state index contributed by atoms with van der Waals surface area (Å²) in [6, 6.07) is 2.32. The van der Waals surface area contributed by atoms with Crippen molar-refractivity contribution in [2.75, 3.05) is 20.8 Å². The molecule has 84 valence electrons. The van der Waals surface area contributed by atoms with Crippen LogP contribution in [0.2, 0.25) is 5.02 Å². The van der Waals surface area contributed by atoms with Gasteiger partial charge in [0.2, 0.25) is 0 Å². The van der Waals surface area contributed by atoms with Gasteiger partial charge in [0.15, 0.2) is 0 Å². The summed E-state index contributed by atoms with van der Waals surface area (Å²) in [4.78, 5) is 6.26. The molecule has 0 unspecified atom stereocenters. The predicted molar refractivity (Wildman–Crippen MR) is 62.1 cm³/mol. The first-order valence-electron chi connectivity index (χ1n) is 4.92. The normalized spacial score (nSPS) is 13.1. The molecule has 0 aromatic carbocycles. The lowest BCUT2D eigenvalue weighted by Crippen LogP contribution is -2.32. The van der Waals surface area contributed by atoms with Gasteiger partial charge in [-0.3, -0.25) is 9.88 Å². The number of nitrogens with zero attached hydrogens (tertiary/aromatic N) is 2. The third kappa shape index (κ3) is 4.16. The number of halogens is 1. The van der Waals surface area contributed by atoms with E-state index < -0.39 is 0 Å². The number of methoxy groups -OCH3 is 1. The summed E-state index contributed by atoms with van der Waals surface area (Å²) in [6.45, 7) is 3.68. The number of aromatic nitrogens is 1. The fraction of sp³-hybridized carbons (Fsp3) is 0.545. The SMILES string of the molecule is COC[C@@H](C)N(C)Cc1cncc(Cl)c1. The predicted octanol–water partition coefficient (Wildman–Crippen LogP) is 2.20. The highest BCUT2D eigenvalue weighted by molar-refractivity contribution is 6.30. The maximum absolute atomic E-state index is 5.86. The molecule has 15 heavy (non-hydrogen) atoms. The summed E-state index contributed by atoms with van der Waals surface area (Å²) in [7, 11) is 3.77. The van der Waals surface area contributed by atoms with Crippen molar-refractivity contribution in [2.45, 2.75) is 19.5 Å². The average molecular weight is 229 g/mol. The first-order chi connectivity index (χ1) is 7.13. The third-order valence-corrected chi connectivity index (χ3v) is 2.56. The second-order valence-electron chi connectivity index (χ2n) is 3.73. The Balaban J connectivity index is 2.54. The molecule has 4 heteroatoms. The molecule has 1 atom stereocenters.